The average Bonchev–Trinajstić information content (AvgIpc) is 3.85. The first-order chi connectivity index (χ1) is 22.4. The lowest BCUT2D eigenvalue weighted by Crippen LogP contribution is -2.36. The van der Waals surface area contributed by atoms with Crippen LogP contribution >= 0.6 is 0 Å². The number of rotatable bonds is 15. The number of aliphatic hydroxyl groups excluding tert-OH is 2. The van der Waals surface area contributed by atoms with Gasteiger partial charge in [-0.3, -0.25) is 0 Å². The summed E-state index contributed by atoms with van der Waals surface area (Å²) in [5, 5.41) is 33.9. The number of ether oxygens (including phenoxy) is 2. The van der Waals surface area contributed by atoms with E-state index in [0.717, 1.165) is 74.3 Å². The molecule has 1 spiro atoms. The first-order valence-electron chi connectivity index (χ1n) is 18.2. The van der Waals surface area contributed by atoms with Crippen LogP contribution in [0, 0.1) is 35.1 Å². The molecule has 0 aromatic heterocycles. The molecule has 3 aliphatic carbocycles. The van der Waals surface area contributed by atoms with E-state index in [2.05, 4.69) is 18.3 Å². The minimum absolute atomic E-state index is 0.00225. The van der Waals surface area contributed by atoms with Crippen LogP contribution in [-0.2, 0) is 11.2 Å². The third kappa shape index (κ3) is 7.42. The highest BCUT2D eigenvalue weighted by atomic mass is 16.5. The maximum absolute atomic E-state index is 10.6. The number of aromatic hydroxyl groups is 1. The summed E-state index contributed by atoms with van der Waals surface area (Å²) in [5.41, 5.74) is 4.23. The molecule has 252 valence electrons. The Morgan fingerprint density at radius 3 is 2.83 bits per heavy atom. The van der Waals surface area contributed by atoms with Gasteiger partial charge in [0.15, 0.2) is 23.3 Å². The van der Waals surface area contributed by atoms with Crippen LogP contribution in [0.1, 0.15) is 103 Å². The summed E-state index contributed by atoms with van der Waals surface area (Å²) in [6, 6.07) is 6.69. The molecule has 2 heterocycles. The molecule has 3 fully saturated rings. The molecule has 1 aromatic carbocycles. The minimum Gasteiger partial charge on any atom is -0.592 e. The van der Waals surface area contributed by atoms with Crippen molar-refractivity contribution in [1.29, 1.82) is 0 Å². The fraction of sp³-hybridized carbons (Fsp3) is 0.667. The Labute approximate surface area is 276 Å². The SMILES string of the molecule is CCCCC1OC(CCc2ccc(O)c(OCC[C+]3C=C4C(=N3)CC3(CCCC3)C3CCCC3C4CNCC(C)O)c2)=C[C-]1CO. The highest BCUT2D eigenvalue weighted by molar-refractivity contribution is 6.04. The number of phenolic OH excluding ortho intramolecular Hbond substituents is 1. The predicted octanol–water partition coefficient (Wildman–Crippen LogP) is 7.01. The van der Waals surface area contributed by atoms with Gasteiger partial charge < -0.3 is 30.1 Å². The van der Waals surface area contributed by atoms with E-state index in [-0.39, 0.29) is 24.6 Å². The van der Waals surface area contributed by atoms with Gasteiger partial charge in [0.2, 0.25) is 0 Å². The molecular weight excluding hydrogens is 576 g/mol. The lowest BCUT2D eigenvalue weighted by Gasteiger charge is -2.37. The van der Waals surface area contributed by atoms with E-state index in [4.69, 9.17) is 14.5 Å². The zero-order valence-corrected chi connectivity index (χ0v) is 28.1. The molecule has 2 aliphatic heterocycles. The second-order valence-electron chi connectivity index (χ2n) is 14.7. The number of aliphatic imine (C=N–C) groups is 1. The molecule has 7 nitrogen and oxygen atoms in total. The lowest BCUT2D eigenvalue weighted by atomic mass is 9.66. The monoisotopic (exact) mass is 632 g/mol. The molecular formula is C39H56N2O5. The molecule has 7 heteroatoms. The number of nitrogens with one attached hydrogen (secondary N) is 1. The van der Waals surface area contributed by atoms with Crippen molar-refractivity contribution in [3.05, 3.63) is 59.2 Å². The smallest absolute Gasteiger partial charge is 0.190 e. The average molecular weight is 633 g/mol. The molecule has 5 aliphatic rings. The highest BCUT2D eigenvalue weighted by Gasteiger charge is 2.56. The number of aliphatic hydroxyl groups is 2. The van der Waals surface area contributed by atoms with E-state index >= 15 is 0 Å². The molecule has 46 heavy (non-hydrogen) atoms. The maximum Gasteiger partial charge on any atom is 0.190 e. The van der Waals surface area contributed by atoms with Gasteiger partial charge in [0.1, 0.15) is 12.2 Å². The van der Waals surface area contributed by atoms with Crippen molar-refractivity contribution in [1.82, 2.24) is 5.32 Å². The van der Waals surface area contributed by atoms with Crippen LogP contribution in [-0.4, -0.2) is 59.5 Å². The molecule has 0 saturated heterocycles. The van der Waals surface area contributed by atoms with E-state index in [1.54, 1.807) is 6.07 Å². The van der Waals surface area contributed by atoms with Gasteiger partial charge in [-0.2, -0.15) is 12.0 Å². The number of hydrogen-bond acceptors (Lipinski definition) is 7. The Kier molecular flexibility index (Phi) is 10.9. The lowest BCUT2D eigenvalue weighted by molar-refractivity contribution is 0.115. The Balaban J connectivity index is 1.08. The molecule has 0 amide bonds. The van der Waals surface area contributed by atoms with Gasteiger partial charge in [-0.05, 0) is 80.4 Å². The summed E-state index contributed by atoms with van der Waals surface area (Å²) in [4.78, 5) is 5.27. The summed E-state index contributed by atoms with van der Waals surface area (Å²) in [6.07, 6.45) is 19.8. The third-order valence-corrected chi connectivity index (χ3v) is 11.5. The van der Waals surface area contributed by atoms with Crippen LogP contribution in [0.15, 0.2) is 46.7 Å². The normalized spacial score (nSPS) is 27.2. The second kappa shape index (κ2) is 15.1. The van der Waals surface area contributed by atoms with Crippen molar-refractivity contribution >= 4 is 5.71 Å². The summed E-state index contributed by atoms with van der Waals surface area (Å²) >= 11 is 0. The summed E-state index contributed by atoms with van der Waals surface area (Å²) in [5.74, 6) is 4.48. The number of aryl methyl sites for hydroxylation is 1. The maximum atomic E-state index is 10.6. The van der Waals surface area contributed by atoms with Gasteiger partial charge in [-0.15, -0.1) is 4.99 Å². The van der Waals surface area contributed by atoms with Crippen molar-refractivity contribution < 1.29 is 24.8 Å². The van der Waals surface area contributed by atoms with Gasteiger partial charge in [0.25, 0.3) is 0 Å². The van der Waals surface area contributed by atoms with Crippen molar-refractivity contribution in [3.8, 4) is 11.5 Å². The van der Waals surface area contributed by atoms with Crippen LogP contribution in [0.25, 0.3) is 0 Å². The number of allylic oxidation sites excluding steroid dienone is 1. The van der Waals surface area contributed by atoms with Gasteiger partial charge >= 0.3 is 0 Å². The fourth-order valence-electron chi connectivity index (χ4n) is 9.25. The highest BCUT2D eigenvalue weighted by Crippen LogP contribution is 2.60. The molecule has 3 saturated carbocycles. The number of unbranched alkanes of at least 4 members (excludes halogenated alkanes) is 1. The van der Waals surface area contributed by atoms with E-state index < -0.39 is 0 Å². The Morgan fingerprint density at radius 1 is 1.20 bits per heavy atom. The van der Waals surface area contributed by atoms with Crippen LogP contribution in [0.5, 0.6) is 11.5 Å². The predicted molar refractivity (Wildman–Crippen MR) is 183 cm³/mol. The number of phenols is 1. The van der Waals surface area contributed by atoms with Crippen LogP contribution in [0.3, 0.4) is 0 Å². The summed E-state index contributed by atoms with van der Waals surface area (Å²) in [7, 11) is 0. The summed E-state index contributed by atoms with van der Waals surface area (Å²) in [6.45, 7) is 6.04. The zero-order chi connectivity index (χ0) is 32.1. The summed E-state index contributed by atoms with van der Waals surface area (Å²) < 4.78 is 12.3. The Hall–Kier alpha value is -2.61. The number of benzene rings is 1. The van der Waals surface area contributed by atoms with Crippen molar-refractivity contribution in [2.75, 3.05) is 26.3 Å². The molecule has 0 bridgehead atoms. The van der Waals surface area contributed by atoms with Crippen molar-refractivity contribution in [3.63, 3.8) is 0 Å². The quantitative estimate of drug-likeness (QED) is 0.155. The van der Waals surface area contributed by atoms with E-state index in [1.165, 1.54) is 56.2 Å². The number of hydrogen-bond donors (Lipinski definition) is 4. The molecule has 5 unspecified atom stereocenters. The number of fused-ring (bicyclic) bond motifs is 3. The van der Waals surface area contributed by atoms with Gasteiger partial charge in [0.05, 0.1) is 30.9 Å². The van der Waals surface area contributed by atoms with Crippen LogP contribution in [0.4, 0.5) is 0 Å². The first-order valence-corrected chi connectivity index (χ1v) is 18.2. The molecule has 6 rings (SSSR count). The third-order valence-electron chi connectivity index (χ3n) is 11.5. The molecule has 5 atom stereocenters. The van der Waals surface area contributed by atoms with Gasteiger partial charge in [0, 0.05) is 25.8 Å². The van der Waals surface area contributed by atoms with Gasteiger partial charge in [-0.25, -0.2) is 0 Å². The van der Waals surface area contributed by atoms with E-state index in [9.17, 15) is 15.3 Å². The zero-order valence-electron chi connectivity index (χ0n) is 28.1. The standard InChI is InChI=1S/C39H56N2O5/c1-3-4-10-37-28(25-42)20-30(46-37)13-11-27-12-14-36(44)38(19-27)45-18-15-29-21-32-33(24-40-23-26(2)43)31-8-7-9-34(31)39(16-5-6-17-39)22-35(32)41-29/h12,14,19-21,26,31,33-34,37,40,42-44H,3-11,13,15-18,22-25H2,1-2H3. The molecule has 0 radical (unpaired) electrons. The Bertz CT molecular complexity index is 1260. The first kappa shape index (κ1) is 33.3. The molecule has 1 aromatic rings. The van der Waals surface area contributed by atoms with E-state index in [0.29, 0.717) is 42.6 Å². The topological polar surface area (TPSA) is 104 Å². The fourth-order valence-corrected chi connectivity index (χ4v) is 9.25. The van der Waals surface area contributed by atoms with Crippen LogP contribution in [0.2, 0.25) is 0 Å². The molecule has 4 N–H and O–H groups in total. The second-order valence-corrected chi connectivity index (χ2v) is 14.7. The van der Waals surface area contributed by atoms with Gasteiger partial charge in [-0.1, -0.05) is 57.3 Å². The van der Waals surface area contributed by atoms with Crippen molar-refractivity contribution in [2.45, 2.75) is 116 Å². The Morgan fingerprint density at radius 2 is 2.04 bits per heavy atom. The number of nitrogens with zero attached hydrogens (tertiary/aromatic N) is 1. The largest absolute Gasteiger partial charge is 0.592 e. The van der Waals surface area contributed by atoms with E-state index in [1.807, 2.05) is 25.1 Å². The van der Waals surface area contributed by atoms with Crippen LogP contribution < -0.4 is 10.1 Å². The minimum atomic E-state index is -0.347. The van der Waals surface area contributed by atoms with Crippen molar-refractivity contribution in [2.24, 2.45) is 28.2 Å².